The monoisotopic (exact) mass is 262 g/mol. The Morgan fingerprint density at radius 1 is 1.47 bits per heavy atom. The van der Waals surface area contributed by atoms with Gasteiger partial charge in [-0.15, -0.1) is 0 Å². The number of carbonyl (C=O) groups excluding carboxylic acids is 1. The number of carbonyl (C=O) groups is 1. The zero-order valence-corrected chi connectivity index (χ0v) is 11.8. The van der Waals surface area contributed by atoms with Crippen LogP contribution in [0.2, 0.25) is 0 Å². The Balaban J connectivity index is 2.02. The van der Waals surface area contributed by atoms with Crippen LogP contribution in [0.4, 0.5) is 5.69 Å². The molecule has 1 aromatic rings. The Morgan fingerprint density at radius 3 is 2.84 bits per heavy atom. The van der Waals surface area contributed by atoms with Crippen LogP contribution in [0.15, 0.2) is 18.2 Å². The molecule has 4 nitrogen and oxygen atoms in total. The third-order valence-corrected chi connectivity index (χ3v) is 3.20. The molecule has 2 N–H and O–H groups in total. The normalized spacial score (nSPS) is 18.6. The second-order valence-corrected chi connectivity index (χ2v) is 5.28. The number of hydrogen-bond donors (Lipinski definition) is 2. The summed E-state index contributed by atoms with van der Waals surface area (Å²) in [4.78, 5) is 12.0. The Kier molecular flexibility index (Phi) is 4.43. The summed E-state index contributed by atoms with van der Waals surface area (Å²) < 4.78 is 5.63. The minimum absolute atomic E-state index is 0.0500. The number of benzene rings is 1. The third-order valence-electron chi connectivity index (χ3n) is 3.20. The molecule has 1 heterocycles. The van der Waals surface area contributed by atoms with E-state index in [0.717, 1.165) is 36.4 Å². The number of hydrogen-bond acceptors (Lipinski definition) is 3. The first-order valence-corrected chi connectivity index (χ1v) is 6.88. The lowest BCUT2D eigenvalue weighted by Gasteiger charge is -2.15. The van der Waals surface area contributed by atoms with Gasteiger partial charge in [0.05, 0.1) is 12.1 Å². The summed E-state index contributed by atoms with van der Waals surface area (Å²) in [7, 11) is 0. The topological polar surface area (TPSA) is 50.4 Å². The van der Waals surface area contributed by atoms with Crippen molar-refractivity contribution in [2.75, 3.05) is 11.9 Å². The standard InChI is InChI=1S/C15H22N2O2/c1-10(2)19-12-6-7-13(11(3)9-12)17-15(18)14-5-4-8-16-14/h6-7,9-10,14,16H,4-5,8H2,1-3H3,(H,17,18). The minimum atomic E-state index is -0.0500. The van der Waals surface area contributed by atoms with E-state index < -0.39 is 0 Å². The van der Waals surface area contributed by atoms with Gasteiger partial charge in [0.1, 0.15) is 5.75 Å². The summed E-state index contributed by atoms with van der Waals surface area (Å²) in [6, 6.07) is 5.70. The van der Waals surface area contributed by atoms with Crippen LogP contribution in [0.1, 0.15) is 32.3 Å². The SMILES string of the molecule is Cc1cc(OC(C)C)ccc1NC(=O)C1CCCN1. The molecular formula is C15H22N2O2. The first-order chi connectivity index (χ1) is 9.06. The molecule has 0 saturated carbocycles. The van der Waals surface area contributed by atoms with Crippen molar-refractivity contribution in [3.63, 3.8) is 0 Å². The molecule has 0 spiro atoms. The zero-order valence-electron chi connectivity index (χ0n) is 11.8. The van der Waals surface area contributed by atoms with Gasteiger partial charge in [-0.05, 0) is 63.9 Å². The molecule has 104 valence electrons. The van der Waals surface area contributed by atoms with Gasteiger partial charge in [-0.2, -0.15) is 0 Å². The number of aryl methyl sites for hydroxylation is 1. The number of ether oxygens (including phenoxy) is 1. The van der Waals surface area contributed by atoms with Crippen LogP contribution in [0.5, 0.6) is 5.75 Å². The Hall–Kier alpha value is -1.55. The third kappa shape index (κ3) is 3.70. The van der Waals surface area contributed by atoms with E-state index in [-0.39, 0.29) is 18.1 Å². The van der Waals surface area contributed by atoms with E-state index in [1.165, 1.54) is 0 Å². The lowest BCUT2D eigenvalue weighted by Crippen LogP contribution is -2.35. The van der Waals surface area contributed by atoms with Crippen LogP contribution >= 0.6 is 0 Å². The molecule has 0 aliphatic carbocycles. The van der Waals surface area contributed by atoms with Crippen LogP contribution in [0, 0.1) is 6.92 Å². The van der Waals surface area contributed by atoms with Gasteiger partial charge >= 0.3 is 0 Å². The van der Waals surface area contributed by atoms with Gasteiger partial charge in [0, 0.05) is 5.69 Å². The Labute approximate surface area is 114 Å². The predicted molar refractivity (Wildman–Crippen MR) is 76.6 cm³/mol. The van der Waals surface area contributed by atoms with Gasteiger partial charge in [-0.1, -0.05) is 0 Å². The van der Waals surface area contributed by atoms with Crippen molar-refractivity contribution in [2.24, 2.45) is 0 Å². The van der Waals surface area contributed by atoms with Gasteiger partial charge in [0.25, 0.3) is 0 Å². The summed E-state index contributed by atoms with van der Waals surface area (Å²) >= 11 is 0. The van der Waals surface area contributed by atoms with Crippen molar-refractivity contribution >= 4 is 11.6 Å². The summed E-state index contributed by atoms with van der Waals surface area (Å²) in [5.41, 5.74) is 1.87. The van der Waals surface area contributed by atoms with E-state index in [0.29, 0.717) is 0 Å². The quantitative estimate of drug-likeness (QED) is 0.876. The second kappa shape index (κ2) is 6.06. The number of anilines is 1. The molecule has 1 aliphatic heterocycles. The lowest BCUT2D eigenvalue weighted by molar-refractivity contribution is -0.117. The molecule has 0 radical (unpaired) electrons. The van der Waals surface area contributed by atoms with Crippen molar-refractivity contribution in [2.45, 2.75) is 45.8 Å². The molecule has 1 unspecified atom stereocenters. The van der Waals surface area contributed by atoms with Crippen molar-refractivity contribution < 1.29 is 9.53 Å². The maximum absolute atomic E-state index is 12.0. The molecule has 1 amide bonds. The van der Waals surface area contributed by atoms with E-state index in [4.69, 9.17) is 4.74 Å². The van der Waals surface area contributed by atoms with E-state index >= 15 is 0 Å². The highest BCUT2D eigenvalue weighted by atomic mass is 16.5. The Morgan fingerprint density at radius 2 is 2.26 bits per heavy atom. The fourth-order valence-electron chi connectivity index (χ4n) is 2.25. The molecule has 1 saturated heterocycles. The smallest absolute Gasteiger partial charge is 0.241 e. The van der Waals surface area contributed by atoms with Gasteiger partial charge in [-0.3, -0.25) is 4.79 Å². The highest BCUT2D eigenvalue weighted by Gasteiger charge is 2.22. The molecule has 4 heteroatoms. The number of amides is 1. The molecule has 1 atom stereocenters. The van der Waals surface area contributed by atoms with Crippen molar-refractivity contribution in [1.82, 2.24) is 5.32 Å². The first kappa shape index (κ1) is 13.9. The highest BCUT2D eigenvalue weighted by Crippen LogP contribution is 2.22. The van der Waals surface area contributed by atoms with Crippen LogP contribution in [-0.2, 0) is 4.79 Å². The number of nitrogens with one attached hydrogen (secondary N) is 2. The van der Waals surface area contributed by atoms with Gasteiger partial charge in [-0.25, -0.2) is 0 Å². The van der Waals surface area contributed by atoms with Crippen LogP contribution in [0.3, 0.4) is 0 Å². The molecular weight excluding hydrogens is 240 g/mol. The van der Waals surface area contributed by atoms with E-state index in [2.05, 4.69) is 10.6 Å². The lowest BCUT2D eigenvalue weighted by atomic mass is 10.1. The van der Waals surface area contributed by atoms with Gasteiger partial charge < -0.3 is 15.4 Å². The second-order valence-electron chi connectivity index (χ2n) is 5.28. The van der Waals surface area contributed by atoms with Gasteiger partial charge in [0.15, 0.2) is 0 Å². The van der Waals surface area contributed by atoms with Crippen LogP contribution < -0.4 is 15.4 Å². The van der Waals surface area contributed by atoms with Crippen molar-refractivity contribution in [1.29, 1.82) is 0 Å². The maximum atomic E-state index is 12.0. The Bertz CT molecular complexity index is 451. The zero-order chi connectivity index (χ0) is 13.8. The molecule has 0 aromatic heterocycles. The summed E-state index contributed by atoms with van der Waals surface area (Å²) in [5, 5.41) is 6.17. The molecule has 1 fully saturated rings. The average Bonchev–Trinajstić information content (AvgIpc) is 2.85. The predicted octanol–water partition coefficient (Wildman–Crippen LogP) is 2.47. The van der Waals surface area contributed by atoms with E-state index in [9.17, 15) is 4.79 Å². The molecule has 0 bridgehead atoms. The summed E-state index contributed by atoms with van der Waals surface area (Å²) in [6.45, 7) is 6.90. The summed E-state index contributed by atoms with van der Waals surface area (Å²) in [6.07, 6.45) is 2.14. The molecule has 2 rings (SSSR count). The maximum Gasteiger partial charge on any atom is 0.241 e. The van der Waals surface area contributed by atoms with E-state index in [1.807, 2.05) is 39.0 Å². The summed E-state index contributed by atoms with van der Waals surface area (Å²) in [5.74, 6) is 0.891. The van der Waals surface area contributed by atoms with Crippen LogP contribution in [-0.4, -0.2) is 24.6 Å². The highest BCUT2D eigenvalue weighted by molar-refractivity contribution is 5.95. The minimum Gasteiger partial charge on any atom is -0.491 e. The molecule has 1 aromatic carbocycles. The van der Waals surface area contributed by atoms with Crippen LogP contribution in [0.25, 0.3) is 0 Å². The van der Waals surface area contributed by atoms with Crippen molar-refractivity contribution in [3.05, 3.63) is 23.8 Å². The first-order valence-electron chi connectivity index (χ1n) is 6.88. The fourth-order valence-corrected chi connectivity index (χ4v) is 2.25. The molecule has 1 aliphatic rings. The molecule has 19 heavy (non-hydrogen) atoms. The largest absolute Gasteiger partial charge is 0.491 e. The fraction of sp³-hybridized carbons (Fsp3) is 0.533. The van der Waals surface area contributed by atoms with Gasteiger partial charge in [0.2, 0.25) is 5.91 Å². The van der Waals surface area contributed by atoms with E-state index in [1.54, 1.807) is 0 Å². The van der Waals surface area contributed by atoms with Crippen molar-refractivity contribution in [3.8, 4) is 5.75 Å². The number of rotatable bonds is 4. The average molecular weight is 262 g/mol.